The monoisotopic (exact) mass is 295 g/mol. The van der Waals surface area contributed by atoms with Crippen molar-refractivity contribution in [2.24, 2.45) is 10.7 Å². The summed E-state index contributed by atoms with van der Waals surface area (Å²) in [4.78, 5) is 6.50. The molecule has 1 atom stereocenters. The van der Waals surface area contributed by atoms with E-state index in [1.165, 1.54) is 11.1 Å². The molecule has 0 fully saturated rings. The molecule has 4 heteroatoms. The zero-order valence-corrected chi connectivity index (χ0v) is 12.6. The molecule has 0 aliphatic carbocycles. The molecule has 0 saturated carbocycles. The van der Waals surface area contributed by atoms with Gasteiger partial charge in [-0.1, -0.05) is 60.7 Å². The highest BCUT2D eigenvalue weighted by Crippen LogP contribution is 2.24. The largest absolute Gasteiger partial charge is 0.375 e. The fourth-order valence-electron chi connectivity index (χ4n) is 2.69. The fraction of sp³-hybridized carbons (Fsp3) is 0.278. The van der Waals surface area contributed by atoms with E-state index in [-0.39, 0.29) is 6.04 Å². The highest BCUT2D eigenvalue weighted by atomic mass is 16.5. The molecule has 2 aromatic carbocycles. The maximum atomic E-state index is 6.02. The molecule has 1 unspecified atom stereocenters. The summed E-state index contributed by atoms with van der Waals surface area (Å²) in [5, 5.41) is 0. The second-order valence-electron chi connectivity index (χ2n) is 5.36. The molecule has 0 bridgehead atoms. The molecule has 0 aromatic heterocycles. The molecule has 1 heterocycles. The van der Waals surface area contributed by atoms with Crippen molar-refractivity contribution >= 4 is 5.96 Å². The Labute approximate surface area is 131 Å². The van der Waals surface area contributed by atoms with E-state index in [9.17, 15) is 0 Å². The van der Waals surface area contributed by atoms with Crippen LogP contribution in [0.4, 0.5) is 0 Å². The van der Waals surface area contributed by atoms with Crippen molar-refractivity contribution in [2.75, 3.05) is 19.7 Å². The van der Waals surface area contributed by atoms with Crippen molar-refractivity contribution in [3.8, 4) is 0 Å². The zero-order chi connectivity index (χ0) is 15.2. The van der Waals surface area contributed by atoms with Crippen LogP contribution < -0.4 is 5.73 Å². The third-order valence-electron chi connectivity index (χ3n) is 3.87. The molecular weight excluding hydrogens is 274 g/mol. The van der Waals surface area contributed by atoms with Crippen LogP contribution in [-0.4, -0.2) is 30.6 Å². The maximum absolute atomic E-state index is 6.02. The molecule has 2 N–H and O–H groups in total. The van der Waals surface area contributed by atoms with Gasteiger partial charge in [0.25, 0.3) is 0 Å². The van der Waals surface area contributed by atoms with Gasteiger partial charge in [-0.2, -0.15) is 0 Å². The topological polar surface area (TPSA) is 50.8 Å². The lowest BCUT2D eigenvalue weighted by molar-refractivity contribution is 0.103. The van der Waals surface area contributed by atoms with Gasteiger partial charge in [0.2, 0.25) is 0 Å². The van der Waals surface area contributed by atoms with Gasteiger partial charge in [0.15, 0.2) is 5.96 Å². The van der Waals surface area contributed by atoms with Gasteiger partial charge in [0.05, 0.1) is 25.8 Å². The van der Waals surface area contributed by atoms with Crippen molar-refractivity contribution in [3.05, 3.63) is 71.8 Å². The van der Waals surface area contributed by atoms with Crippen molar-refractivity contribution in [1.82, 2.24) is 4.90 Å². The lowest BCUT2D eigenvalue weighted by Gasteiger charge is -2.26. The Morgan fingerprint density at radius 1 is 1.05 bits per heavy atom. The van der Waals surface area contributed by atoms with E-state index in [4.69, 9.17) is 10.5 Å². The predicted octanol–water partition coefficient (Wildman–Crippen LogP) is 2.57. The van der Waals surface area contributed by atoms with Crippen LogP contribution in [0.3, 0.4) is 0 Å². The molecule has 0 saturated heterocycles. The molecule has 2 aromatic rings. The van der Waals surface area contributed by atoms with Gasteiger partial charge in [0, 0.05) is 6.54 Å². The first-order valence-corrected chi connectivity index (χ1v) is 7.58. The predicted molar refractivity (Wildman–Crippen MR) is 88.5 cm³/mol. The average molecular weight is 295 g/mol. The van der Waals surface area contributed by atoms with E-state index >= 15 is 0 Å². The van der Waals surface area contributed by atoms with Crippen LogP contribution in [0.15, 0.2) is 65.7 Å². The molecule has 4 nitrogen and oxygen atoms in total. The molecular formula is C18H21N3O. The molecule has 0 radical (unpaired) electrons. The van der Waals surface area contributed by atoms with E-state index in [0.717, 1.165) is 6.54 Å². The highest BCUT2D eigenvalue weighted by Gasteiger charge is 2.26. The SMILES string of the molecule is NC1=NCC(c2ccccc2)N1CCOCc1ccccc1. The van der Waals surface area contributed by atoms with E-state index in [2.05, 4.69) is 34.2 Å². The Morgan fingerprint density at radius 2 is 1.73 bits per heavy atom. The summed E-state index contributed by atoms with van der Waals surface area (Å²) in [6, 6.07) is 20.8. The maximum Gasteiger partial charge on any atom is 0.192 e. The van der Waals surface area contributed by atoms with Crippen molar-refractivity contribution < 1.29 is 4.74 Å². The molecule has 0 amide bonds. The Bertz CT molecular complexity index is 613. The normalized spacial score (nSPS) is 17.5. The standard InChI is InChI=1S/C18H21N3O/c19-18-20-13-17(16-9-5-2-6-10-16)21(18)11-12-22-14-15-7-3-1-4-8-15/h1-10,17H,11-14H2,(H2,19,20). The molecule has 114 valence electrons. The number of nitrogens with zero attached hydrogens (tertiary/aromatic N) is 2. The molecule has 0 spiro atoms. The summed E-state index contributed by atoms with van der Waals surface area (Å²) < 4.78 is 5.76. The van der Waals surface area contributed by atoms with Gasteiger partial charge >= 0.3 is 0 Å². The summed E-state index contributed by atoms with van der Waals surface area (Å²) in [5.41, 5.74) is 8.45. The molecule has 1 aliphatic heterocycles. The minimum atomic E-state index is 0.224. The third kappa shape index (κ3) is 3.46. The quantitative estimate of drug-likeness (QED) is 0.833. The Kier molecular flexibility index (Phi) is 4.71. The van der Waals surface area contributed by atoms with Gasteiger partial charge in [-0.05, 0) is 11.1 Å². The van der Waals surface area contributed by atoms with Crippen molar-refractivity contribution in [3.63, 3.8) is 0 Å². The number of rotatable bonds is 6. The van der Waals surface area contributed by atoms with Gasteiger partial charge in [0.1, 0.15) is 0 Å². The van der Waals surface area contributed by atoms with Gasteiger partial charge in [-0.3, -0.25) is 4.99 Å². The number of hydrogen-bond acceptors (Lipinski definition) is 4. The van der Waals surface area contributed by atoms with Crippen LogP contribution in [0.2, 0.25) is 0 Å². The van der Waals surface area contributed by atoms with E-state index in [1.54, 1.807) is 0 Å². The van der Waals surface area contributed by atoms with E-state index in [1.807, 2.05) is 36.4 Å². The first-order valence-electron chi connectivity index (χ1n) is 7.58. The zero-order valence-electron chi connectivity index (χ0n) is 12.6. The number of aliphatic imine (C=N–C) groups is 1. The Morgan fingerprint density at radius 3 is 2.45 bits per heavy atom. The van der Waals surface area contributed by atoms with E-state index < -0.39 is 0 Å². The highest BCUT2D eigenvalue weighted by molar-refractivity contribution is 5.80. The summed E-state index contributed by atoms with van der Waals surface area (Å²) in [6.07, 6.45) is 0. The lowest BCUT2D eigenvalue weighted by Crippen LogP contribution is -2.38. The van der Waals surface area contributed by atoms with Crippen LogP contribution in [0.25, 0.3) is 0 Å². The molecule has 3 rings (SSSR count). The number of ether oxygens (including phenoxy) is 1. The van der Waals surface area contributed by atoms with Gasteiger partial charge < -0.3 is 15.4 Å². The van der Waals surface area contributed by atoms with Crippen LogP contribution in [0.1, 0.15) is 17.2 Å². The average Bonchev–Trinajstić information content (AvgIpc) is 2.94. The number of guanidine groups is 1. The van der Waals surface area contributed by atoms with E-state index in [0.29, 0.717) is 25.7 Å². The van der Waals surface area contributed by atoms with Crippen LogP contribution >= 0.6 is 0 Å². The third-order valence-corrected chi connectivity index (χ3v) is 3.87. The Balaban J connectivity index is 1.53. The summed E-state index contributed by atoms with van der Waals surface area (Å²) >= 11 is 0. The number of hydrogen-bond donors (Lipinski definition) is 1. The summed E-state index contributed by atoms with van der Waals surface area (Å²) in [7, 11) is 0. The lowest BCUT2D eigenvalue weighted by atomic mass is 10.1. The van der Waals surface area contributed by atoms with Gasteiger partial charge in [-0.25, -0.2) is 0 Å². The second kappa shape index (κ2) is 7.09. The minimum Gasteiger partial charge on any atom is -0.375 e. The second-order valence-corrected chi connectivity index (χ2v) is 5.36. The Hall–Kier alpha value is -2.33. The molecule has 22 heavy (non-hydrogen) atoms. The molecule has 1 aliphatic rings. The van der Waals surface area contributed by atoms with Crippen LogP contribution in [0, 0.1) is 0 Å². The van der Waals surface area contributed by atoms with Crippen LogP contribution in [-0.2, 0) is 11.3 Å². The van der Waals surface area contributed by atoms with Crippen LogP contribution in [0.5, 0.6) is 0 Å². The smallest absolute Gasteiger partial charge is 0.192 e. The first-order chi connectivity index (χ1) is 10.8. The minimum absolute atomic E-state index is 0.224. The van der Waals surface area contributed by atoms with Crippen molar-refractivity contribution in [1.29, 1.82) is 0 Å². The first kappa shape index (κ1) is 14.6. The summed E-state index contributed by atoms with van der Waals surface area (Å²) in [6.45, 7) is 2.73. The fourth-order valence-corrected chi connectivity index (χ4v) is 2.69. The van der Waals surface area contributed by atoms with Gasteiger partial charge in [-0.15, -0.1) is 0 Å². The van der Waals surface area contributed by atoms with Crippen molar-refractivity contribution in [2.45, 2.75) is 12.6 Å². The number of nitrogens with two attached hydrogens (primary N) is 1. The summed E-state index contributed by atoms with van der Waals surface area (Å²) in [5.74, 6) is 0.608. The number of benzene rings is 2.